The van der Waals surface area contributed by atoms with Crippen LogP contribution >= 0.6 is 39.1 Å². The lowest BCUT2D eigenvalue weighted by Gasteiger charge is -2.20. The zero-order valence-electron chi connectivity index (χ0n) is 19.7. The topological polar surface area (TPSA) is 88.3 Å². The van der Waals surface area contributed by atoms with Crippen molar-refractivity contribution in [3.05, 3.63) is 91.5 Å². The van der Waals surface area contributed by atoms with Crippen LogP contribution in [-0.4, -0.2) is 19.3 Å². The number of amides is 1. The normalized spacial score (nSPS) is 12.5. The van der Waals surface area contributed by atoms with Gasteiger partial charge in [-0.3, -0.25) is 4.79 Å². The van der Waals surface area contributed by atoms with Crippen molar-refractivity contribution in [3.63, 3.8) is 0 Å². The van der Waals surface area contributed by atoms with Gasteiger partial charge in [0.15, 0.2) is 0 Å². The molecule has 0 bridgehead atoms. The molecule has 0 spiro atoms. The Balaban J connectivity index is 1.78. The Labute approximate surface area is 228 Å². The van der Waals surface area contributed by atoms with E-state index in [1.807, 2.05) is 32.9 Å². The van der Waals surface area contributed by atoms with E-state index in [0.717, 1.165) is 11.1 Å². The second kappa shape index (κ2) is 10.5. The van der Waals surface area contributed by atoms with Crippen molar-refractivity contribution in [2.24, 2.45) is 0 Å². The van der Waals surface area contributed by atoms with Crippen molar-refractivity contribution in [1.82, 2.24) is 9.71 Å². The van der Waals surface area contributed by atoms with Gasteiger partial charge in [0.2, 0.25) is 0 Å². The first kappa shape index (κ1) is 26.5. The fourth-order valence-electron chi connectivity index (χ4n) is 4.06. The Morgan fingerprint density at radius 2 is 1.78 bits per heavy atom. The monoisotopic (exact) mass is 608 g/mol. The Morgan fingerprint density at radius 1 is 1.08 bits per heavy atom. The second-order valence-corrected chi connectivity index (χ2v) is 11.8. The van der Waals surface area contributed by atoms with Gasteiger partial charge in [0.1, 0.15) is 17.5 Å². The molecule has 0 aliphatic heterocycles. The Kier molecular flexibility index (Phi) is 7.71. The highest BCUT2D eigenvalue weighted by atomic mass is 79.9. The number of aromatic nitrogens is 1. The van der Waals surface area contributed by atoms with E-state index < -0.39 is 22.0 Å². The maximum atomic E-state index is 13.4. The minimum absolute atomic E-state index is 0.0404. The zero-order chi connectivity index (χ0) is 26.2. The first-order chi connectivity index (χ1) is 17.0. The summed E-state index contributed by atoms with van der Waals surface area (Å²) in [7, 11) is -4.13. The number of H-pyrrole nitrogens is 1. The van der Waals surface area contributed by atoms with Crippen molar-refractivity contribution >= 4 is 66.0 Å². The number of hydrogen-bond acceptors (Lipinski definition) is 4. The summed E-state index contributed by atoms with van der Waals surface area (Å²) in [5.74, 6) is -0.208. The SMILES string of the molecule is CCC(Oc1cc(C)c(Cl)c(C)c1)c1c(C(=O)NS(=O)(=O)c2cccc(Br)c2)[nH]c2cc(Cl)ccc12. The summed E-state index contributed by atoms with van der Waals surface area (Å²) in [5, 5.41) is 1.84. The average molecular weight is 610 g/mol. The molecule has 36 heavy (non-hydrogen) atoms. The fraction of sp³-hybridized carbons (Fsp3) is 0.192. The number of rotatable bonds is 7. The molecule has 0 saturated heterocycles. The predicted molar refractivity (Wildman–Crippen MR) is 147 cm³/mol. The van der Waals surface area contributed by atoms with Gasteiger partial charge in [-0.15, -0.1) is 0 Å². The molecule has 6 nitrogen and oxygen atoms in total. The molecular formula is C26H23BrCl2N2O4S. The molecule has 0 aliphatic carbocycles. The molecule has 188 valence electrons. The second-order valence-electron chi connectivity index (χ2n) is 8.38. The van der Waals surface area contributed by atoms with Gasteiger partial charge in [-0.25, -0.2) is 13.1 Å². The van der Waals surface area contributed by atoms with E-state index in [-0.39, 0.29) is 10.6 Å². The number of sulfonamides is 1. The number of ether oxygens (including phenoxy) is 1. The number of halogens is 3. The molecule has 0 fully saturated rings. The summed E-state index contributed by atoms with van der Waals surface area (Å²) in [6, 6.07) is 15.0. The van der Waals surface area contributed by atoms with Crippen LogP contribution in [0.1, 0.15) is 46.6 Å². The molecule has 1 heterocycles. The highest BCUT2D eigenvalue weighted by Gasteiger charge is 2.28. The molecule has 0 saturated carbocycles. The summed E-state index contributed by atoms with van der Waals surface area (Å²) < 4.78 is 35.0. The number of nitrogens with one attached hydrogen (secondary N) is 2. The van der Waals surface area contributed by atoms with E-state index in [9.17, 15) is 13.2 Å². The summed E-state index contributed by atoms with van der Waals surface area (Å²) in [6.45, 7) is 5.71. The smallest absolute Gasteiger partial charge is 0.281 e. The summed E-state index contributed by atoms with van der Waals surface area (Å²) in [5.41, 5.74) is 2.94. The van der Waals surface area contributed by atoms with E-state index in [4.69, 9.17) is 27.9 Å². The highest BCUT2D eigenvalue weighted by Crippen LogP contribution is 2.36. The molecular weight excluding hydrogens is 587 g/mol. The largest absolute Gasteiger partial charge is 0.486 e. The maximum absolute atomic E-state index is 13.4. The van der Waals surface area contributed by atoms with Gasteiger partial charge >= 0.3 is 0 Å². The van der Waals surface area contributed by atoms with Crippen LogP contribution in [0.2, 0.25) is 10.0 Å². The van der Waals surface area contributed by atoms with Gasteiger partial charge in [0, 0.05) is 31.0 Å². The van der Waals surface area contributed by atoms with Crippen molar-refractivity contribution in [2.45, 2.75) is 38.2 Å². The minimum atomic E-state index is -4.13. The summed E-state index contributed by atoms with van der Waals surface area (Å²) in [6.07, 6.45) is -0.0520. The fourth-order valence-corrected chi connectivity index (χ4v) is 5.89. The maximum Gasteiger partial charge on any atom is 0.281 e. The predicted octanol–water partition coefficient (Wildman–Crippen LogP) is 7.50. The van der Waals surface area contributed by atoms with Crippen LogP contribution in [0.3, 0.4) is 0 Å². The quantitative estimate of drug-likeness (QED) is 0.227. The van der Waals surface area contributed by atoms with Crippen molar-refractivity contribution in [2.75, 3.05) is 0 Å². The Morgan fingerprint density at radius 3 is 2.42 bits per heavy atom. The minimum Gasteiger partial charge on any atom is -0.486 e. The van der Waals surface area contributed by atoms with Crippen LogP contribution in [0, 0.1) is 13.8 Å². The highest BCUT2D eigenvalue weighted by molar-refractivity contribution is 9.10. The third kappa shape index (κ3) is 5.42. The third-order valence-corrected chi connectivity index (χ3v) is 8.40. The van der Waals surface area contributed by atoms with Gasteiger partial charge in [0.25, 0.3) is 15.9 Å². The van der Waals surface area contributed by atoms with E-state index in [1.54, 1.807) is 30.3 Å². The van der Waals surface area contributed by atoms with Crippen LogP contribution < -0.4 is 9.46 Å². The van der Waals surface area contributed by atoms with Crippen molar-refractivity contribution < 1.29 is 17.9 Å². The number of benzene rings is 3. The van der Waals surface area contributed by atoms with Gasteiger partial charge in [-0.2, -0.15) is 0 Å². The van der Waals surface area contributed by atoms with Crippen LogP contribution in [0.4, 0.5) is 0 Å². The number of aryl methyl sites for hydroxylation is 2. The molecule has 1 amide bonds. The zero-order valence-corrected chi connectivity index (χ0v) is 23.6. The van der Waals surface area contributed by atoms with Gasteiger partial charge < -0.3 is 9.72 Å². The molecule has 0 radical (unpaired) electrons. The van der Waals surface area contributed by atoms with Gasteiger partial charge in [0.05, 0.1) is 4.90 Å². The first-order valence-electron chi connectivity index (χ1n) is 11.1. The molecule has 3 aromatic carbocycles. The Bertz CT molecular complexity index is 1560. The third-order valence-electron chi connectivity index (χ3n) is 5.74. The molecule has 2 N–H and O–H groups in total. The average Bonchev–Trinajstić information content (AvgIpc) is 3.19. The molecule has 10 heteroatoms. The standard InChI is InChI=1S/C26H23BrCl2N2O4S/c1-4-22(35-18-10-14(2)24(29)15(3)11-18)23-20-9-8-17(28)13-21(20)30-25(23)26(32)31-36(33,34)19-7-5-6-16(27)12-19/h5-13,22,30H,4H2,1-3H3,(H,31,32). The van der Waals surface area contributed by atoms with E-state index in [2.05, 4.69) is 25.6 Å². The number of carbonyl (C=O) groups is 1. The van der Waals surface area contributed by atoms with E-state index in [1.165, 1.54) is 12.1 Å². The number of aromatic amines is 1. The van der Waals surface area contributed by atoms with Gasteiger partial charge in [-0.05, 0) is 73.9 Å². The first-order valence-corrected chi connectivity index (χ1v) is 14.1. The molecule has 4 aromatic rings. The van der Waals surface area contributed by atoms with Gasteiger partial charge in [-0.1, -0.05) is 58.2 Å². The van der Waals surface area contributed by atoms with E-state index >= 15 is 0 Å². The van der Waals surface area contributed by atoms with E-state index in [0.29, 0.717) is 43.2 Å². The lowest BCUT2D eigenvalue weighted by atomic mass is 10.0. The van der Waals surface area contributed by atoms with Crippen molar-refractivity contribution in [3.8, 4) is 5.75 Å². The van der Waals surface area contributed by atoms with Crippen LogP contribution in [0.25, 0.3) is 10.9 Å². The lowest BCUT2D eigenvalue weighted by Crippen LogP contribution is -2.32. The molecule has 1 aromatic heterocycles. The van der Waals surface area contributed by atoms with Crippen LogP contribution in [0.5, 0.6) is 5.75 Å². The number of fused-ring (bicyclic) bond motifs is 1. The number of hydrogen-bond donors (Lipinski definition) is 2. The molecule has 1 unspecified atom stereocenters. The van der Waals surface area contributed by atoms with Crippen LogP contribution in [0.15, 0.2) is 64.0 Å². The molecule has 1 atom stereocenters. The summed E-state index contributed by atoms with van der Waals surface area (Å²) in [4.78, 5) is 16.4. The lowest BCUT2D eigenvalue weighted by molar-refractivity contribution is 0.0971. The van der Waals surface area contributed by atoms with Crippen molar-refractivity contribution in [1.29, 1.82) is 0 Å². The number of carbonyl (C=O) groups excluding carboxylic acids is 1. The van der Waals surface area contributed by atoms with Crippen LogP contribution in [-0.2, 0) is 10.0 Å². The summed E-state index contributed by atoms with van der Waals surface area (Å²) >= 11 is 15.8. The molecule has 0 aliphatic rings. The Hall–Kier alpha value is -2.52. The molecule has 4 rings (SSSR count).